The molecule has 3 rings (SSSR count). The largest absolute Gasteiger partial charge is 0.472 e. The van der Waals surface area contributed by atoms with Crippen molar-refractivity contribution in [1.29, 1.82) is 0 Å². The molecule has 2 aromatic rings. The number of amides is 2. The van der Waals surface area contributed by atoms with Crippen molar-refractivity contribution in [1.82, 2.24) is 4.90 Å². The molecule has 0 N–H and O–H groups in total. The number of nitrogens with zero attached hydrogens (tertiary/aromatic N) is 2. The van der Waals surface area contributed by atoms with Gasteiger partial charge in [0.05, 0.1) is 25.1 Å². The van der Waals surface area contributed by atoms with Crippen LogP contribution in [0.15, 0.2) is 53.3 Å². The van der Waals surface area contributed by atoms with Crippen LogP contribution in [0, 0.1) is 5.92 Å². The number of hydrogen-bond acceptors (Lipinski definition) is 4. The summed E-state index contributed by atoms with van der Waals surface area (Å²) in [6.07, 6.45) is 3.45. The van der Waals surface area contributed by atoms with Crippen molar-refractivity contribution >= 4 is 17.5 Å². The van der Waals surface area contributed by atoms with Gasteiger partial charge < -0.3 is 19.0 Å². The topological polar surface area (TPSA) is 63.0 Å². The highest BCUT2D eigenvalue weighted by atomic mass is 16.5. The van der Waals surface area contributed by atoms with Crippen LogP contribution in [0.1, 0.15) is 12.0 Å². The van der Waals surface area contributed by atoms with E-state index in [2.05, 4.69) is 0 Å². The van der Waals surface area contributed by atoms with Gasteiger partial charge in [0.1, 0.15) is 0 Å². The quantitative estimate of drug-likeness (QED) is 0.775. The first-order valence-corrected chi connectivity index (χ1v) is 8.33. The number of carbonyl (C=O) groups excluding carboxylic acids is 2. The normalized spacial score (nSPS) is 17.1. The zero-order chi connectivity index (χ0) is 17.6. The molecule has 0 aliphatic carbocycles. The molecule has 1 saturated heterocycles. The lowest BCUT2D eigenvalue weighted by Crippen LogP contribution is -2.39. The smallest absolute Gasteiger partial charge is 0.228 e. The van der Waals surface area contributed by atoms with E-state index in [0.717, 1.165) is 11.3 Å². The summed E-state index contributed by atoms with van der Waals surface area (Å²) in [5.41, 5.74) is 1.76. The fraction of sp³-hybridized carbons (Fsp3) is 0.368. The minimum absolute atomic E-state index is 0.0143. The molecule has 1 aromatic carbocycles. The number of carbonyl (C=O) groups is 2. The lowest BCUT2D eigenvalue weighted by atomic mass is 10.1. The SMILES string of the molecule is COCCN(Cc1ccoc1)C(=O)C1CC(=O)N(c2ccccc2)C1. The van der Waals surface area contributed by atoms with E-state index in [9.17, 15) is 9.59 Å². The van der Waals surface area contributed by atoms with Gasteiger partial charge in [-0.1, -0.05) is 18.2 Å². The standard InChI is InChI=1S/C19H22N2O4/c1-24-10-8-20(12-15-7-9-25-14-15)19(23)16-11-18(22)21(13-16)17-5-3-2-4-6-17/h2-7,9,14,16H,8,10-13H2,1H3. The van der Waals surface area contributed by atoms with E-state index in [1.165, 1.54) is 0 Å². The van der Waals surface area contributed by atoms with E-state index in [-0.39, 0.29) is 24.2 Å². The molecule has 25 heavy (non-hydrogen) atoms. The molecular weight excluding hydrogens is 320 g/mol. The summed E-state index contributed by atoms with van der Waals surface area (Å²) < 4.78 is 10.2. The maximum Gasteiger partial charge on any atom is 0.228 e. The van der Waals surface area contributed by atoms with Crippen LogP contribution in [0.4, 0.5) is 5.69 Å². The third kappa shape index (κ3) is 4.09. The Morgan fingerprint density at radius 1 is 1.32 bits per heavy atom. The van der Waals surface area contributed by atoms with Crippen molar-refractivity contribution in [2.45, 2.75) is 13.0 Å². The molecule has 1 aliphatic heterocycles. The van der Waals surface area contributed by atoms with E-state index >= 15 is 0 Å². The van der Waals surface area contributed by atoms with E-state index in [1.807, 2.05) is 36.4 Å². The van der Waals surface area contributed by atoms with Crippen molar-refractivity contribution in [2.24, 2.45) is 5.92 Å². The molecule has 2 amide bonds. The van der Waals surface area contributed by atoms with Gasteiger partial charge in [0.15, 0.2) is 0 Å². The van der Waals surface area contributed by atoms with E-state index in [4.69, 9.17) is 9.15 Å². The second kappa shape index (κ2) is 7.98. The van der Waals surface area contributed by atoms with Crippen LogP contribution in [0.5, 0.6) is 0 Å². The van der Waals surface area contributed by atoms with Crippen molar-refractivity contribution in [3.05, 3.63) is 54.5 Å². The molecule has 1 unspecified atom stereocenters. The Morgan fingerprint density at radius 3 is 2.80 bits per heavy atom. The number of anilines is 1. The Balaban J connectivity index is 1.70. The maximum atomic E-state index is 13.0. The lowest BCUT2D eigenvalue weighted by Gasteiger charge is -2.25. The Bertz CT molecular complexity index is 699. The molecule has 6 heteroatoms. The number of para-hydroxylation sites is 1. The van der Waals surface area contributed by atoms with Crippen LogP contribution >= 0.6 is 0 Å². The first-order valence-electron chi connectivity index (χ1n) is 8.33. The Hall–Kier alpha value is -2.60. The fourth-order valence-corrected chi connectivity index (χ4v) is 3.06. The summed E-state index contributed by atoms with van der Waals surface area (Å²) in [6.45, 7) is 1.80. The predicted octanol–water partition coefficient (Wildman–Crippen LogP) is 2.31. The van der Waals surface area contributed by atoms with Crippen molar-refractivity contribution < 1.29 is 18.7 Å². The molecule has 0 radical (unpaired) electrons. The van der Waals surface area contributed by atoms with E-state index in [0.29, 0.717) is 26.2 Å². The molecule has 6 nitrogen and oxygen atoms in total. The second-order valence-corrected chi connectivity index (χ2v) is 6.13. The van der Waals surface area contributed by atoms with Crippen molar-refractivity contribution in [3.63, 3.8) is 0 Å². The van der Waals surface area contributed by atoms with Crippen LogP contribution in [0.3, 0.4) is 0 Å². The molecule has 1 aliphatic rings. The Labute approximate surface area is 147 Å². The van der Waals surface area contributed by atoms with E-state index in [1.54, 1.807) is 29.4 Å². The third-order valence-corrected chi connectivity index (χ3v) is 4.37. The van der Waals surface area contributed by atoms with Crippen LogP contribution in [-0.2, 0) is 20.9 Å². The summed E-state index contributed by atoms with van der Waals surface area (Å²) in [7, 11) is 1.61. The van der Waals surface area contributed by atoms with Gasteiger partial charge in [0.25, 0.3) is 0 Å². The molecule has 0 spiro atoms. The summed E-state index contributed by atoms with van der Waals surface area (Å²) in [6, 6.07) is 11.3. The second-order valence-electron chi connectivity index (χ2n) is 6.13. The van der Waals surface area contributed by atoms with Crippen LogP contribution in [0.2, 0.25) is 0 Å². The maximum absolute atomic E-state index is 13.0. The average molecular weight is 342 g/mol. The number of rotatable bonds is 7. The zero-order valence-corrected chi connectivity index (χ0v) is 14.3. The van der Waals surface area contributed by atoms with Crippen molar-refractivity contribution in [3.8, 4) is 0 Å². The molecule has 2 heterocycles. The van der Waals surface area contributed by atoms with Gasteiger partial charge in [-0.05, 0) is 18.2 Å². The highest BCUT2D eigenvalue weighted by Crippen LogP contribution is 2.26. The number of hydrogen-bond donors (Lipinski definition) is 0. The van der Waals surface area contributed by atoms with E-state index < -0.39 is 0 Å². The summed E-state index contributed by atoms with van der Waals surface area (Å²) >= 11 is 0. The van der Waals surface area contributed by atoms with Crippen LogP contribution in [-0.4, -0.2) is 43.5 Å². The number of ether oxygens (including phenoxy) is 1. The highest BCUT2D eigenvalue weighted by Gasteiger charge is 2.37. The third-order valence-electron chi connectivity index (χ3n) is 4.37. The molecule has 1 fully saturated rings. The van der Waals surface area contributed by atoms with Crippen molar-refractivity contribution in [2.75, 3.05) is 31.7 Å². The van der Waals surface area contributed by atoms with Gasteiger partial charge in [-0.15, -0.1) is 0 Å². The van der Waals surface area contributed by atoms with Gasteiger partial charge in [-0.25, -0.2) is 0 Å². The van der Waals surface area contributed by atoms with Gasteiger partial charge in [0, 0.05) is 44.4 Å². The first kappa shape index (κ1) is 17.2. The fourth-order valence-electron chi connectivity index (χ4n) is 3.06. The van der Waals surface area contributed by atoms with Crippen LogP contribution in [0.25, 0.3) is 0 Å². The number of furan rings is 1. The Kier molecular flexibility index (Phi) is 5.50. The predicted molar refractivity (Wildman–Crippen MR) is 92.9 cm³/mol. The molecule has 0 bridgehead atoms. The molecule has 0 saturated carbocycles. The van der Waals surface area contributed by atoms with Gasteiger partial charge in [0.2, 0.25) is 11.8 Å². The average Bonchev–Trinajstić information content (AvgIpc) is 3.28. The molecule has 1 aromatic heterocycles. The summed E-state index contributed by atoms with van der Waals surface area (Å²) in [5.74, 6) is -0.374. The summed E-state index contributed by atoms with van der Waals surface area (Å²) in [4.78, 5) is 28.7. The zero-order valence-electron chi connectivity index (χ0n) is 14.3. The monoisotopic (exact) mass is 342 g/mol. The Morgan fingerprint density at radius 2 is 2.12 bits per heavy atom. The lowest BCUT2D eigenvalue weighted by molar-refractivity contribution is -0.137. The minimum atomic E-state index is -0.337. The minimum Gasteiger partial charge on any atom is -0.472 e. The first-order chi connectivity index (χ1) is 12.2. The van der Waals surface area contributed by atoms with Gasteiger partial charge in [-0.2, -0.15) is 0 Å². The van der Waals surface area contributed by atoms with Gasteiger partial charge >= 0.3 is 0 Å². The van der Waals surface area contributed by atoms with Crippen LogP contribution < -0.4 is 4.90 Å². The number of methoxy groups -OCH3 is 1. The molecular formula is C19H22N2O4. The molecule has 132 valence electrons. The highest BCUT2D eigenvalue weighted by molar-refractivity contribution is 6.00. The number of benzene rings is 1. The summed E-state index contributed by atoms with van der Waals surface area (Å²) in [5, 5.41) is 0. The molecule has 1 atom stereocenters. The van der Waals surface area contributed by atoms with Gasteiger partial charge in [-0.3, -0.25) is 9.59 Å².